The van der Waals surface area contributed by atoms with E-state index in [2.05, 4.69) is 13.8 Å². The Morgan fingerprint density at radius 1 is 1.04 bits per heavy atom. The van der Waals surface area contributed by atoms with Crippen LogP contribution in [0.3, 0.4) is 0 Å². The van der Waals surface area contributed by atoms with E-state index in [-0.39, 0.29) is 22.9 Å². The van der Waals surface area contributed by atoms with Gasteiger partial charge in [-0.05, 0) is 60.2 Å². The molecule has 0 saturated carbocycles. The Hall–Kier alpha value is -2.25. The quantitative estimate of drug-likeness (QED) is 0.709. The van der Waals surface area contributed by atoms with Crippen molar-refractivity contribution in [2.75, 3.05) is 13.1 Å². The number of carbonyl (C=O) groups is 1. The van der Waals surface area contributed by atoms with Crippen LogP contribution in [-0.4, -0.2) is 31.8 Å². The van der Waals surface area contributed by atoms with Gasteiger partial charge in [-0.3, -0.25) is 0 Å². The molecule has 0 aromatic heterocycles. The Bertz CT molecular complexity index is 916. The summed E-state index contributed by atoms with van der Waals surface area (Å²) in [5.41, 5.74) is 0.934. The molecule has 5 nitrogen and oxygen atoms in total. The summed E-state index contributed by atoms with van der Waals surface area (Å²) in [7, 11) is -3.58. The van der Waals surface area contributed by atoms with E-state index in [0.717, 1.165) is 6.42 Å². The largest absolute Gasteiger partial charge is 0.457 e. The van der Waals surface area contributed by atoms with E-state index in [1.165, 1.54) is 40.7 Å². The van der Waals surface area contributed by atoms with Crippen LogP contribution in [0.1, 0.15) is 36.2 Å². The smallest absolute Gasteiger partial charge is 0.338 e. The van der Waals surface area contributed by atoms with E-state index in [1.54, 1.807) is 12.1 Å². The fourth-order valence-corrected chi connectivity index (χ4v) is 5.21. The summed E-state index contributed by atoms with van der Waals surface area (Å²) in [5, 5.41) is 0. The van der Waals surface area contributed by atoms with Gasteiger partial charge in [-0.2, -0.15) is 4.31 Å². The van der Waals surface area contributed by atoms with Gasteiger partial charge in [-0.1, -0.05) is 26.0 Å². The van der Waals surface area contributed by atoms with E-state index < -0.39 is 16.0 Å². The molecule has 2 atom stereocenters. The van der Waals surface area contributed by atoms with Crippen molar-refractivity contribution < 1.29 is 22.3 Å². The molecule has 1 fully saturated rings. The summed E-state index contributed by atoms with van der Waals surface area (Å²) in [6.45, 7) is 5.14. The summed E-state index contributed by atoms with van der Waals surface area (Å²) < 4.78 is 45.4. The van der Waals surface area contributed by atoms with E-state index in [1.807, 2.05) is 0 Å². The number of sulfonamides is 1. The van der Waals surface area contributed by atoms with Crippen LogP contribution in [0.4, 0.5) is 4.39 Å². The number of hydrogen-bond donors (Lipinski definition) is 0. The minimum Gasteiger partial charge on any atom is -0.457 e. The summed E-state index contributed by atoms with van der Waals surface area (Å²) >= 11 is 0. The number of hydrogen-bond acceptors (Lipinski definition) is 4. The number of nitrogens with zero attached hydrogens (tertiary/aromatic N) is 1. The zero-order valence-corrected chi connectivity index (χ0v) is 16.8. The highest BCUT2D eigenvalue weighted by atomic mass is 32.2. The van der Waals surface area contributed by atoms with Crippen molar-refractivity contribution in [3.63, 3.8) is 0 Å². The van der Waals surface area contributed by atoms with Gasteiger partial charge in [0.2, 0.25) is 10.0 Å². The highest BCUT2D eigenvalue weighted by Crippen LogP contribution is 2.26. The lowest BCUT2D eigenvalue weighted by Crippen LogP contribution is -2.42. The first-order valence-corrected chi connectivity index (χ1v) is 10.7. The van der Waals surface area contributed by atoms with Crippen molar-refractivity contribution in [3.05, 3.63) is 65.5 Å². The van der Waals surface area contributed by atoms with Gasteiger partial charge in [-0.25, -0.2) is 17.6 Å². The Kier molecular flexibility index (Phi) is 6.15. The Balaban J connectivity index is 1.66. The number of carbonyl (C=O) groups excluding carboxylic acids is 1. The molecule has 0 N–H and O–H groups in total. The average Bonchev–Trinajstić information content (AvgIpc) is 2.66. The molecule has 2 aromatic carbocycles. The minimum atomic E-state index is -3.58. The van der Waals surface area contributed by atoms with Crippen molar-refractivity contribution in [2.45, 2.75) is 31.8 Å². The summed E-state index contributed by atoms with van der Waals surface area (Å²) in [5.74, 6) is -0.281. The van der Waals surface area contributed by atoms with Gasteiger partial charge >= 0.3 is 5.97 Å². The lowest BCUT2D eigenvalue weighted by molar-refractivity contribution is 0.0472. The van der Waals surface area contributed by atoms with E-state index in [9.17, 15) is 17.6 Å². The fraction of sp³-hybridized carbons (Fsp3) is 0.381. The molecule has 0 amide bonds. The second-order valence-corrected chi connectivity index (χ2v) is 9.43. The summed E-state index contributed by atoms with van der Waals surface area (Å²) in [6.07, 6.45) is 1.02. The second-order valence-electron chi connectivity index (χ2n) is 7.50. The number of rotatable bonds is 5. The number of halogens is 1. The lowest BCUT2D eigenvalue weighted by atomic mass is 9.94. The van der Waals surface area contributed by atoms with Crippen LogP contribution >= 0.6 is 0 Å². The van der Waals surface area contributed by atoms with Crippen molar-refractivity contribution >= 4 is 16.0 Å². The van der Waals surface area contributed by atoms with Crippen LogP contribution in [0.2, 0.25) is 0 Å². The molecule has 150 valence electrons. The molecule has 0 aliphatic carbocycles. The zero-order valence-electron chi connectivity index (χ0n) is 16.0. The molecular formula is C21H24FNO4S. The van der Waals surface area contributed by atoms with Gasteiger partial charge in [0.05, 0.1) is 10.5 Å². The van der Waals surface area contributed by atoms with Gasteiger partial charge in [-0.15, -0.1) is 0 Å². The summed E-state index contributed by atoms with van der Waals surface area (Å²) in [6, 6.07) is 11.5. The van der Waals surface area contributed by atoms with Gasteiger partial charge in [0, 0.05) is 13.1 Å². The van der Waals surface area contributed by atoms with Crippen molar-refractivity contribution in [1.29, 1.82) is 0 Å². The molecular weight excluding hydrogens is 381 g/mol. The topological polar surface area (TPSA) is 63.7 Å². The zero-order chi connectivity index (χ0) is 20.3. The first kappa shape index (κ1) is 20.5. The van der Waals surface area contributed by atoms with Crippen molar-refractivity contribution in [1.82, 2.24) is 4.31 Å². The van der Waals surface area contributed by atoms with Crippen LogP contribution in [0.5, 0.6) is 0 Å². The molecule has 0 spiro atoms. The van der Waals surface area contributed by atoms with E-state index in [0.29, 0.717) is 30.5 Å². The second kappa shape index (κ2) is 8.41. The van der Waals surface area contributed by atoms with Crippen LogP contribution < -0.4 is 0 Å². The lowest BCUT2D eigenvalue weighted by Gasteiger charge is -2.34. The number of ether oxygens (including phenoxy) is 1. The van der Waals surface area contributed by atoms with Crippen LogP contribution in [-0.2, 0) is 21.4 Å². The fourth-order valence-electron chi connectivity index (χ4n) is 3.53. The van der Waals surface area contributed by atoms with Crippen molar-refractivity contribution in [2.24, 2.45) is 11.8 Å². The van der Waals surface area contributed by atoms with Gasteiger partial charge in [0.25, 0.3) is 0 Å². The maximum absolute atomic E-state index is 12.9. The minimum absolute atomic E-state index is 0.0166. The normalized spacial score (nSPS) is 20.7. The maximum Gasteiger partial charge on any atom is 0.338 e. The standard InChI is InChI=1S/C21H24FNO4S/c1-15-11-16(2)13-23(12-15)28(25,26)20-9-5-18(6-10-20)21(24)27-14-17-3-7-19(22)8-4-17/h3-10,15-16H,11-14H2,1-2H3/t15-,16-/m0/s1. The molecule has 3 rings (SSSR count). The van der Waals surface area contributed by atoms with Gasteiger partial charge < -0.3 is 4.74 Å². The third-order valence-corrected chi connectivity index (χ3v) is 6.69. The first-order valence-electron chi connectivity index (χ1n) is 9.27. The SMILES string of the molecule is C[C@H]1C[C@H](C)CN(S(=O)(=O)c2ccc(C(=O)OCc3ccc(F)cc3)cc2)C1. The third-order valence-electron chi connectivity index (χ3n) is 4.85. The third kappa shape index (κ3) is 4.77. The number of benzene rings is 2. The van der Waals surface area contributed by atoms with E-state index >= 15 is 0 Å². The molecule has 1 saturated heterocycles. The highest BCUT2D eigenvalue weighted by Gasteiger charge is 2.31. The number of piperidine rings is 1. The van der Waals surface area contributed by atoms with Crippen LogP contribution in [0.15, 0.2) is 53.4 Å². The van der Waals surface area contributed by atoms with Crippen molar-refractivity contribution in [3.8, 4) is 0 Å². The predicted molar refractivity (Wildman–Crippen MR) is 104 cm³/mol. The van der Waals surface area contributed by atoms with Crippen LogP contribution in [0, 0.1) is 17.7 Å². The molecule has 1 heterocycles. The molecule has 1 aliphatic rings. The van der Waals surface area contributed by atoms with Gasteiger partial charge in [0.1, 0.15) is 12.4 Å². The molecule has 0 unspecified atom stereocenters. The Morgan fingerprint density at radius 3 is 2.18 bits per heavy atom. The molecule has 1 aliphatic heterocycles. The van der Waals surface area contributed by atoms with E-state index in [4.69, 9.17) is 4.74 Å². The first-order chi connectivity index (χ1) is 13.3. The van der Waals surface area contributed by atoms with Gasteiger partial charge in [0.15, 0.2) is 0 Å². The summed E-state index contributed by atoms with van der Waals surface area (Å²) in [4.78, 5) is 12.3. The molecule has 7 heteroatoms. The molecule has 28 heavy (non-hydrogen) atoms. The highest BCUT2D eigenvalue weighted by molar-refractivity contribution is 7.89. The molecule has 0 bridgehead atoms. The Morgan fingerprint density at radius 2 is 1.61 bits per heavy atom. The monoisotopic (exact) mass is 405 g/mol. The molecule has 2 aromatic rings. The predicted octanol–water partition coefficient (Wildman–Crippen LogP) is 3.85. The molecule has 0 radical (unpaired) electrons. The Labute approximate surface area is 165 Å². The number of esters is 1. The van der Waals surface area contributed by atoms with Crippen LogP contribution in [0.25, 0.3) is 0 Å². The maximum atomic E-state index is 12.9. The average molecular weight is 405 g/mol.